The first-order valence-electron chi connectivity index (χ1n) is 5.22. The van der Waals surface area contributed by atoms with Crippen molar-refractivity contribution in [3.63, 3.8) is 0 Å². The van der Waals surface area contributed by atoms with Gasteiger partial charge in [-0.25, -0.2) is 4.98 Å². The van der Waals surface area contributed by atoms with E-state index in [0.29, 0.717) is 6.54 Å². The normalized spacial score (nSPS) is 12.6. The largest absolute Gasteiger partial charge is 0.399 e. The van der Waals surface area contributed by atoms with Gasteiger partial charge in [0, 0.05) is 30.2 Å². The molecule has 0 radical (unpaired) electrons. The third-order valence-corrected chi connectivity index (χ3v) is 2.35. The molecule has 84 valence electrons. The van der Waals surface area contributed by atoms with Crippen molar-refractivity contribution in [3.8, 4) is 11.4 Å². The topological polar surface area (TPSA) is 64.1 Å². The standard InChI is InChI=1S/C12H15N3O/c1-9(16)8-15-7-6-14-12(15)10-2-4-11(13)5-3-10/h2-7,9,16H,8,13H2,1H3. The second-order valence-corrected chi connectivity index (χ2v) is 3.87. The third kappa shape index (κ3) is 2.23. The lowest BCUT2D eigenvalue weighted by atomic mass is 10.2. The van der Waals surface area contributed by atoms with E-state index in [1.807, 2.05) is 35.0 Å². The molecule has 2 rings (SSSR count). The molecule has 1 unspecified atom stereocenters. The zero-order chi connectivity index (χ0) is 11.5. The Hall–Kier alpha value is -1.81. The van der Waals surface area contributed by atoms with Gasteiger partial charge in [-0.15, -0.1) is 0 Å². The molecule has 0 amide bonds. The zero-order valence-electron chi connectivity index (χ0n) is 9.17. The van der Waals surface area contributed by atoms with E-state index in [2.05, 4.69) is 4.98 Å². The molecule has 0 saturated carbocycles. The summed E-state index contributed by atoms with van der Waals surface area (Å²) in [7, 11) is 0. The first kappa shape index (κ1) is 10.7. The maximum absolute atomic E-state index is 9.37. The average Bonchev–Trinajstić information content (AvgIpc) is 2.66. The number of hydrogen-bond donors (Lipinski definition) is 2. The van der Waals surface area contributed by atoms with Crippen LogP contribution in [0, 0.1) is 0 Å². The predicted molar refractivity (Wildman–Crippen MR) is 63.8 cm³/mol. The predicted octanol–water partition coefficient (Wildman–Crippen LogP) is 1.51. The molecule has 0 fully saturated rings. The number of benzene rings is 1. The summed E-state index contributed by atoms with van der Waals surface area (Å²) in [5, 5.41) is 9.37. The van der Waals surface area contributed by atoms with Gasteiger partial charge >= 0.3 is 0 Å². The lowest BCUT2D eigenvalue weighted by Crippen LogP contribution is -2.11. The molecule has 0 bridgehead atoms. The number of nitrogens with zero attached hydrogens (tertiary/aromatic N) is 2. The smallest absolute Gasteiger partial charge is 0.139 e. The second kappa shape index (κ2) is 4.37. The highest BCUT2D eigenvalue weighted by Gasteiger charge is 2.07. The van der Waals surface area contributed by atoms with Gasteiger partial charge in [-0.2, -0.15) is 0 Å². The van der Waals surface area contributed by atoms with Crippen LogP contribution in [0.15, 0.2) is 36.7 Å². The highest BCUT2D eigenvalue weighted by atomic mass is 16.3. The van der Waals surface area contributed by atoms with E-state index in [-0.39, 0.29) is 6.10 Å². The van der Waals surface area contributed by atoms with Crippen LogP contribution in [0.2, 0.25) is 0 Å². The van der Waals surface area contributed by atoms with E-state index >= 15 is 0 Å². The summed E-state index contributed by atoms with van der Waals surface area (Å²) in [6, 6.07) is 7.54. The van der Waals surface area contributed by atoms with E-state index in [9.17, 15) is 5.11 Å². The van der Waals surface area contributed by atoms with Crippen LogP contribution in [0.3, 0.4) is 0 Å². The molecule has 1 aromatic heterocycles. The molecule has 3 N–H and O–H groups in total. The number of rotatable bonds is 3. The summed E-state index contributed by atoms with van der Waals surface area (Å²) in [6.45, 7) is 2.30. The van der Waals surface area contributed by atoms with Gasteiger partial charge in [0.25, 0.3) is 0 Å². The van der Waals surface area contributed by atoms with Crippen LogP contribution in [0.1, 0.15) is 6.92 Å². The Bertz CT molecular complexity index is 459. The Balaban J connectivity index is 2.33. The van der Waals surface area contributed by atoms with Crippen molar-refractivity contribution < 1.29 is 5.11 Å². The van der Waals surface area contributed by atoms with E-state index < -0.39 is 0 Å². The number of nitrogens with two attached hydrogens (primary N) is 1. The van der Waals surface area contributed by atoms with Gasteiger partial charge in [0.1, 0.15) is 5.82 Å². The van der Waals surface area contributed by atoms with Crippen molar-refractivity contribution in [3.05, 3.63) is 36.7 Å². The molecule has 0 spiro atoms. The maximum Gasteiger partial charge on any atom is 0.139 e. The quantitative estimate of drug-likeness (QED) is 0.766. The average molecular weight is 217 g/mol. The molecule has 2 aromatic rings. The monoisotopic (exact) mass is 217 g/mol. The van der Waals surface area contributed by atoms with Crippen LogP contribution in [-0.4, -0.2) is 20.8 Å². The molecule has 4 nitrogen and oxygen atoms in total. The van der Waals surface area contributed by atoms with Crippen molar-refractivity contribution in [2.45, 2.75) is 19.6 Å². The van der Waals surface area contributed by atoms with Crippen molar-refractivity contribution in [2.75, 3.05) is 5.73 Å². The van der Waals surface area contributed by atoms with E-state index in [0.717, 1.165) is 17.1 Å². The van der Waals surface area contributed by atoms with Gasteiger partial charge in [-0.05, 0) is 31.2 Å². The van der Waals surface area contributed by atoms with Gasteiger partial charge in [0.15, 0.2) is 0 Å². The van der Waals surface area contributed by atoms with Gasteiger partial charge in [0.2, 0.25) is 0 Å². The summed E-state index contributed by atoms with van der Waals surface area (Å²) in [5.74, 6) is 0.848. The molecule has 1 atom stereocenters. The van der Waals surface area contributed by atoms with Crippen LogP contribution in [0.5, 0.6) is 0 Å². The highest BCUT2D eigenvalue weighted by Crippen LogP contribution is 2.18. The number of aromatic nitrogens is 2. The number of imidazole rings is 1. The molecule has 0 aliphatic heterocycles. The summed E-state index contributed by atoms with van der Waals surface area (Å²) in [5.41, 5.74) is 7.37. The minimum Gasteiger partial charge on any atom is -0.399 e. The number of aliphatic hydroxyl groups excluding tert-OH is 1. The number of hydrogen-bond acceptors (Lipinski definition) is 3. The van der Waals surface area contributed by atoms with Gasteiger partial charge in [-0.1, -0.05) is 0 Å². The Morgan fingerprint density at radius 3 is 2.69 bits per heavy atom. The number of nitrogen functional groups attached to an aromatic ring is 1. The molecule has 4 heteroatoms. The van der Waals surface area contributed by atoms with Crippen molar-refractivity contribution in [1.29, 1.82) is 0 Å². The van der Waals surface area contributed by atoms with Crippen molar-refractivity contribution in [2.24, 2.45) is 0 Å². The van der Waals surface area contributed by atoms with Gasteiger partial charge in [-0.3, -0.25) is 0 Å². The second-order valence-electron chi connectivity index (χ2n) is 3.87. The zero-order valence-corrected chi connectivity index (χ0v) is 9.17. The highest BCUT2D eigenvalue weighted by molar-refractivity contribution is 5.59. The molecule has 1 heterocycles. The van der Waals surface area contributed by atoms with Gasteiger partial charge < -0.3 is 15.4 Å². The summed E-state index contributed by atoms with van der Waals surface area (Å²) in [4.78, 5) is 4.28. The number of aliphatic hydroxyl groups is 1. The fourth-order valence-electron chi connectivity index (χ4n) is 1.63. The molecule has 0 aliphatic rings. The van der Waals surface area contributed by atoms with E-state index in [4.69, 9.17) is 5.73 Å². The third-order valence-electron chi connectivity index (χ3n) is 2.35. The fraction of sp³-hybridized carbons (Fsp3) is 0.250. The van der Waals surface area contributed by atoms with E-state index in [1.54, 1.807) is 13.1 Å². The van der Waals surface area contributed by atoms with E-state index in [1.165, 1.54) is 0 Å². The molecule has 1 aromatic carbocycles. The first-order valence-corrected chi connectivity index (χ1v) is 5.22. The lowest BCUT2D eigenvalue weighted by molar-refractivity contribution is 0.174. The lowest BCUT2D eigenvalue weighted by Gasteiger charge is -2.09. The summed E-state index contributed by atoms with van der Waals surface area (Å²) >= 11 is 0. The van der Waals surface area contributed by atoms with Crippen LogP contribution in [-0.2, 0) is 6.54 Å². The van der Waals surface area contributed by atoms with Crippen molar-refractivity contribution >= 4 is 5.69 Å². The Morgan fingerprint density at radius 2 is 2.06 bits per heavy atom. The molecule has 0 aliphatic carbocycles. The van der Waals surface area contributed by atoms with Crippen LogP contribution in [0.25, 0.3) is 11.4 Å². The van der Waals surface area contributed by atoms with Crippen LogP contribution in [0.4, 0.5) is 5.69 Å². The SMILES string of the molecule is CC(O)Cn1ccnc1-c1ccc(N)cc1. The van der Waals surface area contributed by atoms with Crippen molar-refractivity contribution in [1.82, 2.24) is 9.55 Å². The summed E-state index contributed by atoms with van der Waals surface area (Å²) in [6.07, 6.45) is 3.20. The summed E-state index contributed by atoms with van der Waals surface area (Å²) < 4.78 is 1.93. The van der Waals surface area contributed by atoms with Gasteiger partial charge in [0.05, 0.1) is 6.10 Å². The maximum atomic E-state index is 9.37. The fourth-order valence-corrected chi connectivity index (χ4v) is 1.63. The molecule has 16 heavy (non-hydrogen) atoms. The molecule has 0 saturated heterocycles. The Labute approximate surface area is 94.4 Å². The molecular formula is C12H15N3O. The molecular weight excluding hydrogens is 202 g/mol. The minimum absolute atomic E-state index is 0.387. The van der Waals surface area contributed by atoms with Crippen LogP contribution < -0.4 is 5.73 Å². The Morgan fingerprint density at radius 1 is 1.38 bits per heavy atom. The Kier molecular flexibility index (Phi) is 2.92. The number of anilines is 1. The first-order chi connectivity index (χ1) is 7.66. The minimum atomic E-state index is -0.387. The van der Waals surface area contributed by atoms with Crippen LogP contribution >= 0.6 is 0 Å².